The summed E-state index contributed by atoms with van der Waals surface area (Å²) in [5.74, 6) is 0.632. The summed E-state index contributed by atoms with van der Waals surface area (Å²) in [5.41, 5.74) is 6.76. The van der Waals surface area contributed by atoms with Crippen LogP contribution in [0.4, 0.5) is 5.82 Å². The third-order valence-corrected chi connectivity index (χ3v) is 2.91. The number of amides is 1. The normalized spacial score (nSPS) is 14.0. The molecule has 0 aliphatic heterocycles. The zero-order valence-corrected chi connectivity index (χ0v) is 11.4. The number of aromatic nitrogens is 1. The quantitative estimate of drug-likeness (QED) is 0.814. The Kier molecular flexibility index (Phi) is 5.78. The number of hydrogen-bond acceptors (Lipinski definition) is 3. The fourth-order valence-electron chi connectivity index (χ4n) is 1.67. The molecule has 2 atom stereocenters. The molecular formula is C14H23N3O. The lowest BCUT2D eigenvalue weighted by Crippen LogP contribution is -2.22. The van der Waals surface area contributed by atoms with Gasteiger partial charge >= 0.3 is 0 Å². The number of nitrogens with zero attached hydrogens (tertiary/aromatic N) is 1. The largest absolute Gasteiger partial charge is 0.328 e. The van der Waals surface area contributed by atoms with E-state index in [1.165, 1.54) is 0 Å². The minimum Gasteiger partial charge on any atom is -0.328 e. The molecule has 1 aromatic heterocycles. The van der Waals surface area contributed by atoms with Gasteiger partial charge in [0.05, 0.1) is 0 Å². The maximum absolute atomic E-state index is 11.9. The third kappa shape index (κ3) is 5.27. The maximum atomic E-state index is 11.9. The van der Waals surface area contributed by atoms with Crippen molar-refractivity contribution in [2.45, 2.75) is 46.1 Å². The Hall–Kier alpha value is -1.42. The molecule has 1 amide bonds. The van der Waals surface area contributed by atoms with Crippen LogP contribution in [0.15, 0.2) is 18.3 Å². The molecule has 4 nitrogen and oxygen atoms in total. The average molecular weight is 249 g/mol. The Morgan fingerprint density at radius 3 is 2.67 bits per heavy atom. The van der Waals surface area contributed by atoms with Crippen molar-refractivity contribution in [2.75, 3.05) is 5.32 Å². The summed E-state index contributed by atoms with van der Waals surface area (Å²) in [6.45, 7) is 5.89. The minimum atomic E-state index is -0.00754. The van der Waals surface area contributed by atoms with E-state index in [4.69, 9.17) is 5.73 Å². The molecule has 18 heavy (non-hydrogen) atoms. The Morgan fingerprint density at radius 2 is 2.11 bits per heavy atom. The van der Waals surface area contributed by atoms with Crippen LogP contribution in [0.1, 0.15) is 38.7 Å². The van der Waals surface area contributed by atoms with Gasteiger partial charge in [-0.25, -0.2) is 4.98 Å². The summed E-state index contributed by atoms with van der Waals surface area (Å²) in [7, 11) is 0. The topological polar surface area (TPSA) is 68.0 Å². The summed E-state index contributed by atoms with van der Waals surface area (Å²) < 4.78 is 0. The van der Waals surface area contributed by atoms with E-state index in [1.54, 1.807) is 6.20 Å². The van der Waals surface area contributed by atoms with E-state index in [1.807, 2.05) is 32.9 Å². The van der Waals surface area contributed by atoms with Gasteiger partial charge in [0, 0.05) is 18.2 Å². The summed E-state index contributed by atoms with van der Waals surface area (Å²) in [4.78, 5) is 16.0. The van der Waals surface area contributed by atoms with Crippen LogP contribution in [-0.4, -0.2) is 16.9 Å². The number of anilines is 1. The van der Waals surface area contributed by atoms with Gasteiger partial charge < -0.3 is 11.1 Å². The van der Waals surface area contributed by atoms with Crippen molar-refractivity contribution in [3.63, 3.8) is 0 Å². The second-order valence-electron chi connectivity index (χ2n) is 5.02. The molecule has 0 bridgehead atoms. The number of nitrogens with one attached hydrogen (secondary N) is 1. The van der Waals surface area contributed by atoms with Crippen LogP contribution in [0, 0.1) is 12.8 Å². The number of rotatable bonds is 6. The molecule has 3 N–H and O–H groups in total. The van der Waals surface area contributed by atoms with E-state index >= 15 is 0 Å². The number of aryl methyl sites for hydroxylation is 1. The highest BCUT2D eigenvalue weighted by atomic mass is 16.1. The predicted molar refractivity (Wildman–Crippen MR) is 74.3 cm³/mol. The fraction of sp³-hybridized carbons (Fsp3) is 0.571. The first kappa shape index (κ1) is 14.6. The number of carbonyl (C=O) groups is 1. The van der Waals surface area contributed by atoms with E-state index in [0.717, 1.165) is 24.8 Å². The summed E-state index contributed by atoms with van der Waals surface area (Å²) in [5, 5.41) is 2.83. The van der Waals surface area contributed by atoms with Crippen molar-refractivity contribution in [2.24, 2.45) is 11.7 Å². The smallest absolute Gasteiger partial charge is 0.228 e. The van der Waals surface area contributed by atoms with Crippen LogP contribution in [0.2, 0.25) is 0 Å². The van der Waals surface area contributed by atoms with Crippen molar-refractivity contribution in [1.29, 1.82) is 0 Å². The molecule has 0 saturated carbocycles. The molecule has 2 unspecified atom stereocenters. The van der Waals surface area contributed by atoms with E-state index < -0.39 is 0 Å². The lowest BCUT2D eigenvalue weighted by atomic mass is 10.0. The van der Waals surface area contributed by atoms with Gasteiger partial charge in [-0.15, -0.1) is 0 Å². The Morgan fingerprint density at radius 1 is 1.39 bits per heavy atom. The molecule has 1 rings (SSSR count). The van der Waals surface area contributed by atoms with E-state index in [-0.39, 0.29) is 17.9 Å². The number of pyridine rings is 1. The second-order valence-corrected chi connectivity index (χ2v) is 5.02. The molecule has 1 aromatic rings. The van der Waals surface area contributed by atoms with Gasteiger partial charge in [-0.05, 0) is 38.3 Å². The van der Waals surface area contributed by atoms with Gasteiger partial charge in [-0.1, -0.05) is 19.4 Å². The van der Waals surface area contributed by atoms with Gasteiger partial charge in [0.15, 0.2) is 0 Å². The van der Waals surface area contributed by atoms with Crippen molar-refractivity contribution >= 4 is 11.7 Å². The average Bonchev–Trinajstić information content (AvgIpc) is 2.31. The molecule has 4 heteroatoms. The molecule has 0 spiro atoms. The highest BCUT2D eigenvalue weighted by molar-refractivity contribution is 5.91. The molecule has 0 aliphatic rings. The van der Waals surface area contributed by atoms with Gasteiger partial charge in [-0.2, -0.15) is 0 Å². The lowest BCUT2D eigenvalue weighted by Gasteiger charge is -2.12. The summed E-state index contributed by atoms with van der Waals surface area (Å²) in [6, 6.07) is 3.96. The van der Waals surface area contributed by atoms with Crippen molar-refractivity contribution in [3.8, 4) is 0 Å². The first-order chi connectivity index (χ1) is 8.49. The Balaban J connectivity index is 2.37. The monoisotopic (exact) mass is 249 g/mol. The van der Waals surface area contributed by atoms with Crippen molar-refractivity contribution in [1.82, 2.24) is 4.98 Å². The zero-order chi connectivity index (χ0) is 13.5. The molecule has 0 fully saturated rings. The predicted octanol–water partition coefficient (Wildman–Crippen LogP) is 2.48. The first-order valence-corrected chi connectivity index (χ1v) is 6.48. The number of hydrogen-bond donors (Lipinski definition) is 2. The number of nitrogens with two attached hydrogens (primary N) is 1. The van der Waals surface area contributed by atoms with Gasteiger partial charge in [0.25, 0.3) is 0 Å². The van der Waals surface area contributed by atoms with Crippen molar-refractivity contribution in [3.05, 3.63) is 23.9 Å². The minimum absolute atomic E-state index is 0.00754. The van der Waals surface area contributed by atoms with E-state index in [9.17, 15) is 4.79 Å². The molecule has 100 valence electrons. The molecule has 1 heterocycles. The Bertz CT molecular complexity index is 373. The van der Waals surface area contributed by atoms with Crippen LogP contribution in [-0.2, 0) is 4.79 Å². The van der Waals surface area contributed by atoms with Gasteiger partial charge in [-0.3, -0.25) is 4.79 Å². The van der Waals surface area contributed by atoms with Gasteiger partial charge in [0.1, 0.15) is 5.82 Å². The van der Waals surface area contributed by atoms with Crippen LogP contribution >= 0.6 is 0 Å². The summed E-state index contributed by atoms with van der Waals surface area (Å²) in [6.07, 6.45) is 4.55. The van der Waals surface area contributed by atoms with Crippen LogP contribution in [0.25, 0.3) is 0 Å². The van der Waals surface area contributed by atoms with Gasteiger partial charge in [0.2, 0.25) is 5.91 Å². The Labute approximate surface area is 109 Å². The van der Waals surface area contributed by atoms with Crippen LogP contribution in [0.5, 0.6) is 0 Å². The lowest BCUT2D eigenvalue weighted by molar-refractivity contribution is -0.119. The number of carbonyl (C=O) groups excluding carboxylic acids is 1. The van der Waals surface area contributed by atoms with Crippen LogP contribution < -0.4 is 11.1 Å². The highest BCUT2D eigenvalue weighted by Crippen LogP contribution is 2.12. The van der Waals surface area contributed by atoms with E-state index in [0.29, 0.717) is 5.82 Å². The maximum Gasteiger partial charge on any atom is 0.228 e. The molecule has 0 radical (unpaired) electrons. The van der Waals surface area contributed by atoms with E-state index in [2.05, 4.69) is 10.3 Å². The first-order valence-electron chi connectivity index (χ1n) is 6.48. The SMILES string of the molecule is Cc1ccc(NC(=O)C(C)CCCC(C)N)nc1. The molecule has 0 aliphatic carbocycles. The third-order valence-electron chi connectivity index (χ3n) is 2.91. The second kappa shape index (κ2) is 7.11. The molecular weight excluding hydrogens is 226 g/mol. The zero-order valence-electron chi connectivity index (χ0n) is 11.4. The molecule has 0 aromatic carbocycles. The molecule has 0 saturated heterocycles. The van der Waals surface area contributed by atoms with Crippen molar-refractivity contribution < 1.29 is 4.79 Å². The van der Waals surface area contributed by atoms with Crippen LogP contribution in [0.3, 0.4) is 0 Å². The standard InChI is InChI=1S/C14H23N3O/c1-10-7-8-13(16-9-10)17-14(18)11(2)5-4-6-12(3)15/h7-9,11-12H,4-6,15H2,1-3H3,(H,16,17,18). The fourth-order valence-corrected chi connectivity index (χ4v) is 1.67. The summed E-state index contributed by atoms with van der Waals surface area (Å²) >= 11 is 0. The highest BCUT2D eigenvalue weighted by Gasteiger charge is 2.13.